The van der Waals surface area contributed by atoms with Crippen LogP contribution in [0.3, 0.4) is 0 Å². The highest BCUT2D eigenvalue weighted by molar-refractivity contribution is 5.97. The molecule has 1 aliphatic rings. The van der Waals surface area contributed by atoms with Crippen LogP contribution in [-0.2, 0) is 4.79 Å². The van der Waals surface area contributed by atoms with Crippen molar-refractivity contribution < 1.29 is 19.1 Å². The molecule has 6 heteroatoms. The fraction of sp³-hybridized carbons (Fsp3) is 0.273. The lowest BCUT2D eigenvalue weighted by Gasteiger charge is -2.13. The van der Waals surface area contributed by atoms with Crippen molar-refractivity contribution in [1.29, 1.82) is 0 Å². The summed E-state index contributed by atoms with van der Waals surface area (Å²) < 4.78 is 11.3. The van der Waals surface area contributed by atoms with E-state index in [1.165, 1.54) is 0 Å². The molecule has 0 saturated carbocycles. The summed E-state index contributed by atoms with van der Waals surface area (Å²) in [5.74, 6) is 0.813. The van der Waals surface area contributed by atoms with Gasteiger partial charge >= 0.3 is 0 Å². The minimum atomic E-state index is -0.421. The van der Waals surface area contributed by atoms with E-state index in [9.17, 15) is 9.59 Å². The van der Waals surface area contributed by atoms with Gasteiger partial charge in [-0.3, -0.25) is 20.4 Å². The zero-order chi connectivity index (χ0) is 19.6. The number of ether oxygens (including phenoxy) is 2. The quantitative estimate of drug-likeness (QED) is 0.419. The van der Waals surface area contributed by atoms with Crippen LogP contribution < -0.4 is 20.3 Å². The molecule has 0 aromatic heterocycles. The molecule has 1 aliphatic carbocycles. The summed E-state index contributed by atoms with van der Waals surface area (Å²) in [7, 11) is 0. The van der Waals surface area contributed by atoms with E-state index in [0.29, 0.717) is 30.9 Å². The number of amides is 2. The Morgan fingerprint density at radius 3 is 2.46 bits per heavy atom. The van der Waals surface area contributed by atoms with Gasteiger partial charge in [0.2, 0.25) is 5.91 Å². The van der Waals surface area contributed by atoms with Crippen molar-refractivity contribution in [2.24, 2.45) is 5.92 Å². The van der Waals surface area contributed by atoms with Crippen LogP contribution in [0.2, 0.25) is 0 Å². The average molecular weight is 380 g/mol. The molecule has 0 bridgehead atoms. The van der Waals surface area contributed by atoms with E-state index >= 15 is 0 Å². The van der Waals surface area contributed by atoms with Crippen LogP contribution in [0.15, 0.2) is 66.7 Å². The number of para-hydroxylation sites is 2. The molecular weight excluding hydrogens is 356 g/mol. The zero-order valence-electron chi connectivity index (χ0n) is 15.6. The second kappa shape index (κ2) is 10.2. The monoisotopic (exact) mass is 380 g/mol. The molecule has 3 rings (SSSR count). The van der Waals surface area contributed by atoms with Gasteiger partial charge < -0.3 is 9.47 Å². The Morgan fingerprint density at radius 2 is 1.68 bits per heavy atom. The Bertz CT molecular complexity index is 820. The fourth-order valence-corrected chi connectivity index (χ4v) is 2.96. The Balaban J connectivity index is 1.46. The molecular formula is C22H24N2O4. The molecule has 1 atom stereocenters. The predicted molar refractivity (Wildman–Crippen MR) is 106 cm³/mol. The molecule has 1 unspecified atom stereocenters. The highest BCUT2D eigenvalue weighted by Crippen LogP contribution is 2.20. The summed E-state index contributed by atoms with van der Waals surface area (Å²) in [6, 6.07) is 16.3. The van der Waals surface area contributed by atoms with E-state index in [1.54, 1.807) is 24.3 Å². The highest BCUT2D eigenvalue weighted by Gasteiger charge is 2.16. The van der Waals surface area contributed by atoms with Gasteiger partial charge in [0.05, 0.1) is 5.56 Å². The lowest BCUT2D eigenvalue weighted by atomic mass is 10.1. The van der Waals surface area contributed by atoms with Crippen LogP contribution in [0, 0.1) is 5.92 Å². The third-order valence-electron chi connectivity index (χ3n) is 4.36. The van der Waals surface area contributed by atoms with Gasteiger partial charge in [0.25, 0.3) is 5.91 Å². The van der Waals surface area contributed by atoms with E-state index in [1.807, 2.05) is 36.4 Å². The van der Waals surface area contributed by atoms with Gasteiger partial charge in [-0.2, -0.15) is 0 Å². The van der Waals surface area contributed by atoms with Crippen LogP contribution in [0.1, 0.15) is 29.6 Å². The van der Waals surface area contributed by atoms with Gasteiger partial charge in [-0.15, -0.1) is 0 Å². The summed E-state index contributed by atoms with van der Waals surface area (Å²) >= 11 is 0. The Morgan fingerprint density at radius 1 is 0.929 bits per heavy atom. The topological polar surface area (TPSA) is 76.7 Å². The van der Waals surface area contributed by atoms with Crippen LogP contribution in [0.5, 0.6) is 11.5 Å². The maximum atomic E-state index is 12.4. The van der Waals surface area contributed by atoms with E-state index in [0.717, 1.165) is 18.6 Å². The van der Waals surface area contributed by atoms with E-state index < -0.39 is 5.91 Å². The van der Waals surface area contributed by atoms with Crippen molar-refractivity contribution >= 4 is 11.8 Å². The van der Waals surface area contributed by atoms with Gasteiger partial charge in [-0.1, -0.05) is 42.5 Å². The molecule has 0 saturated heterocycles. The van der Waals surface area contributed by atoms with Crippen LogP contribution in [0.4, 0.5) is 0 Å². The minimum absolute atomic E-state index is 0.209. The smallest absolute Gasteiger partial charge is 0.273 e. The standard InChI is InChI=1S/C22H24N2O4/c25-21(16-17-8-4-5-9-17)23-24-22(26)19-12-6-7-13-20(19)28-15-14-27-18-10-2-1-3-11-18/h1-4,6-8,10-13,17H,5,9,14-16H2,(H,23,25)(H,24,26). The lowest BCUT2D eigenvalue weighted by molar-refractivity contribution is -0.122. The van der Waals surface area contributed by atoms with Gasteiger partial charge in [-0.05, 0) is 43.0 Å². The fourth-order valence-electron chi connectivity index (χ4n) is 2.96. The maximum Gasteiger partial charge on any atom is 0.273 e. The molecule has 6 nitrogen and oxygen atoms in total. The Hall–Kier alpha value is -3.28. The predicted octanol–water partition coefficient (Wildman–Crippen LogP) is 3.26. The second-order valence-corrected chi connectivity index (χ2v) is 6.48. The summed E-state index contributed by atoms with van der Waals surface area (Å²) in [6.07, 6.45) is 6.46. The first-order valence-electron chi connectivity index (χ1n) is 9.38. The Labute approximate surface area is 164 Å². The molecule has 0 heterocycles. The van der Waals surface area contributed by atoms with Gasteiger partial charge in [0.1, 0.15) is 24.7 Å². The normalized spacial score (nSPS) is 15.1. The number of hydrogen-bond donors (Lipinski definition) is 2. The molecule has 0 aliphatic heterocycles. The molecule has 0 fully saturated rings. The molecule has 2 aromatic carbocycles. The lowest BCUT2D eigenvalue weighted by Crippen LogP contribution is -2.42. The van der Waals surface area contributed by atoms with Gasteiger partial charge in [-0.25, -0.2) is 0 Å². The van der Waals surface area contributed by atoms with Gasteiger partial charge in [0, 0.05) is 6.42 Å². The zero-order valence-corrected chi connectivity index (χ0v) is 15.6. The molecule has 0 radical (unpaired) electrons. The Kier molecular flexibility index (Phi) is 7.07. The molecule has 28 heavy (non-hydrogen) atoms. The number of hydrazine groups is 1. The maximum absolute atomic E-state index is 12.4. The molecule has 2 N–H and O–H groups in total. The molecule has 2 aromatic rings. The summed E-state index contributed by atoms with van der Waals surface area (Å²) in [5, 5.41) is 0. The van der Waals surface area contributed by atoms with Crippen molar-refractivity contribution in [3.63, 3.8) is 0 Å². The summed E-state index contributed by atoms with van der Waals surface area (Å²) in [6.45, 7) is 0.644. The first kappa shape index (κ1) is 19.5. The third-order valence-corrected chi connectivity index (χ3v) is 4.36. The summed E-state index contributed by atoms with van der Waals surface area (Å²) in [4.78, 5) is 24.4. The van der Waals surface area contributed by atoms with Crippen LogP contribution in [-0.4, -0.2) is 25.0 Å². The van der Waals surface area contributed by atoms with Crippen molar-refractivity contribution in [2.75, 3.05) is 13.2 Å². The largest absolute Gasteiger partial charge is 0.490 e. The van der Waals surface area contributed by atoms with Crippen molar-refractivity contribution in [3.05, 3.63) is 72.3 Å². The van der Waals surface area contributed by atoms with E-state index in [4.69, 9.17) is 9.47 Å². The van der Waals surface area contributed by atoms with Crippen molar-refractivity contribution in [2.45, 2.75) is 19.3 Å². The van der Waals surface area contributed by atoms with Crippen molar-refractivity contribution in [1.82, 2.24) is 10.9 Å². The number of hydrogen-bond acceptors (Lipinski definition) is 4. The second-order valence-electron chi connectivity index (χ2n) is 6.48. The van der Waals surface area contributed by atoms with E-state index in [2.05, 4.69) is 16.9 Å². The van der Waals surface area contributed by atoms with Gasteiger partial charge in [0.15, 0.2) is 0 Å². The minimum Gasteiger partial charge on any atom is -0.490 e. The van der Waals surface area contributed by atoms with Crippen LogP contribution in [0.25, 0.3) is 0 Å². The van der Waals surface area contributed by atoms with Crippen molar-refractivity contribution in [3.8, 4) is 11.5 Å². The molecule has 2 amide bonds. The third kappa shape index (κ3) is 5.87. The van der Waals surface area contributed by atoms with E-state index in [-0.39, 0.29) is 11.8 Å². The number of carbonyl (C=O) groups is 2. The number of benzene rings is 2. The summed E-state index contributed by atoms with van der Waals surface area (Å²) in [5.41, 5.74) is 5.28. The number of nitrogens with one attached hydrogen (secondary N) is 2. The first-order valence-corrected chi connectivity index (χ1v) is 9.38. The first-order chi connectivity index (χ1) is 13.7. The molecule has 0 spiro atoms. The number of allylic oxidation sites excluding steroid dienone is 2. The molecule has 146 valence electrons. The highest BCUT2D eigenvalue weighted by atomic mass is 16.5. The average Bonchev–Trinajstić information content (AvgIpc) is 3.23. The van der Waals surface area contributed by atoms with Crippen LogP contribution >= 0.6 is 0 Å². The number of carbonyl (C=O) groups excluding carboxylic acids is 2. The number of rotatable bonds is 8. The SMILES string of the molecule is O=C(CC1C=CCC1)NNC(=O)c1ccccc1OCCOc1ccccc1.